The Kier molecular flexibility index (Phi) is 5.89. The van der Waals surface area contributed by atoms with Crippen LogP contribution in [0.25, 0.3) is 10.9 Å². The van der Waals surface area contributed by atoms with Gasteiger partial charge in [-0.05, 0) is 83.0 Å². The van der Waals surface area contributed by atoms with Crippen LogP contribution in [0, 0.1) is 19.8 Å². The average molecular weight is 403 g/mol. The Morgan fingerprint density at radius 1 is 0.964 bits per heavy atom. The topological polar surface area (TPSA) is 24.3 Å². The van der Waals surface area contributed by atoms with Crippen molar-refractivity contribution in [3.63, 3.8) is 0 Å². The summed E-state index contributed by atoms with van der Waals surface area (Å²) in [6.45, 7) is 10.7. The molecule has 4 nitrogen and oxygen atoms in total. The first-order valence-electron chi connectivity index (χ1n) is 11.2. The average Bonchev–Trinajstić information content (AvgIpc) is 3.52. The summed E-state index contributed by atoms with van der Waals surface area (Å²) in [5.74, 6) is 2.12. The van der Waals surface area contributed by atoms with Gasteiger partial charge in [-0.2, -0.15) is 0 Å². The first kappa shape index (κ1) is 20.0. The molecule has 0 aromatic carbocycles. The number of nitrogens with zero attached hydrogens (tertiary/aromatic N) is 4. The van der Waals surface area contributed by atoms with Crippen molar-refractivity contribution in [2.45, 2.75) is 71.4 Å². The highest BCUT2D eigenvalue weighted by Gasteiger charge is 2.29. The van der Waals surface area contributed by atoms with Crippen molar-refractivity contribution < 1.29 is 0 Å². The van der Waals surface area contributed by atoms with Crippen LogP contribution in [0.1, 0.15) is 56.2 Å². The molecule has 4 heterocycles. The van der Waals surface area contributed by atoms with Crippen LogP contribution in [0.15, 0.2) is 12.3 Å². The van der Waals surface area contributed by atoms with E-state index in [-0.39, 0.29) is 12.4 Å². The van der Waals surface area contributed by atoms with Crippen molar-refractivity contribution >= 4 is 29.1 Å². The van der Waals surface area contributed by atoms with Crippen LogP contribution in [0.4, 0.5) is 5.82 Å². The van der Waals surface area contributed by atoms with Gasteiger partial charge in [-0.15, -0.1) is 12.4 Å². The van der Waals surface area contributed by atoms with Crippen LogP contribution in [-0.4, -0.2) is 46.7 Å². The van der Waals surface area contributed by atoms with Crippen molar-refractivity contribution in [3.8, 4) is 0 Å². The van der Waals surface area contributed by atoms with Crippen molar-refractivity contribution in [2.24, 2.45) is 5.92 Å². The Hall–Kier alpha value is -1.26. The lowest BCUT2D eigenvalue weighted by Crippen LogP contribution is -2.47. The number of anilines is 1. The van der Waals surface area contributed by atoms with E-state index in [0.717, 1.165) is 25.0 Å². The molecular weight excluding hydrogens is 368 g/mol. The molecule has 154 valence electrons. The van der Waals surface area contributed by atoms with Crippen molar-refractivity contribution in [1.29, 1.82) is 0 Å². The molecule has 0 bridgehead atoms. The van der Waals surface area contributed by atoms with Gasteiger partial charge in [0.25, 0.3) is 0 Å². The van der Waals surface area contributed by atoms with Crippen molar-refractivity contribution in [3.05, 3.63) is 23.5 Å². The number of hydrogen-bond donors (Lipinski definition) is 0. The Bertz CT molecular complexity index is 812. The zero-order valence-corrected chi connectivity index (χ0v) is 18.3. The quantitative estimate of drug-likeness (QED) is 0.723. The van der Waals surface area contributed by atoms with Gasteiger partial charge in [0.15, 0.2) is 5.82 Å². The third kappa shape index (κ3) is 3.66. The highest BCUT2D eigenvalue weighted by atomic mass is 35.5. The molecule has 0 atom stereocenters. The minimum atomic E-state index is 0. The van der Waals surface area contributed by atoms with E-state index in [4.69, 9.17) is 4.98 Å². The molecule has 28 heavy (non-hydrogen) atoms. The molecule has 2 aliphatic heterocycles. The molecule has 0 spiro atoms. The molecule has 5 rings (SSSR count). The predicted octanol–water partition coefficient (Wildman–Crippen LogP) is 4.94. The first-order chi connectivity index (χ1) is 13.2. The summed E-state index contributed by atoms with van der Waals surface area (Å²) >= 11 is 0. The normalized spacial score (nSPS) is 21.9. The maximum atomic E-state index is 4.90. The van der Waals surface area contributed by atoms with E-state index >= 15 is 0 Å². The van der Waals surface area contributed by atoms with Crippen LogP contribution in [-0.2, 0) is 6.54 Å². The number of halogens is 1. The molecule has 1 aliphatic carbocycles. The summed E-state index contributed by atoms with van der Waals surface area (Å²) in [6, 6.07) is 3.02. The largest absolute Gasteiger partial charge is 0.355 e. The molecule has 2 aromatic rings. The number of hydrogen-bond acceptors (Lipinski definition) is 3. The van der Waals surface area contributed by atoms with E-state index in [1.165, 1.54) is 92.6 Å². The van der Waals surface area contributed by atoms with E-state index < -0.39 is 0 Å². The molecule has 0 unspecified atom stereocenters. The number of fused-ring (bicyclic) bond motifs is 1. The summed E-state index contributed by atoms with van der Waals surface area (Å²) < 4.78 is 2.58. The smallest absolute Gasteiger partial charge is 0.153 e. The van der Waals surface area contributed by atoms with E-state index in [1.54, 1.807) is 0 Å². The fraction of sp³-hybridized carbons (Fsp3) is 0.696. The van der Waals surface area contributed by atoms with E-state index in [9.17, 15) is 0 Å². The zero-order chi connectivity index (χ0) is 18.4. The summed E-state index contributed by atoms with van der Waals surface area (Å²) in [5, 5.41) is 1.41. The van der Waals surface area contributed by atoms with Gasteiger partial charge in [0.05, 0.1) is 5.52 Å². The van der Waals surface area contributed by atoms with Gasteiger partial charge in [0.2, 0.25) is 0 Å². The number of pyridine rings is 1. The summed E-state index contributed by atoms with van der Waals surface area (Å²) in [7, 11) is 0. The number of likely N-dealkylation sites (tertiary alicyclic amines) is 1. The molecule has 3 fully saturated rings. The van der Waals surface area contributed by atoms with Crippen LogP contribution in [0.3, 0.4) is 0 Å². The lowest BCUT2D eigenvalue weighted by molar-refractivity contribution is 0.141. The van der Waals surface area contributed by atoms with E-state index in [1.807, 2.05) is 6.20 Å². The number of aromatic nitrogens is 2. The summed E-state index contributed by atoms with van der Waals surface area (Å²) in [4.78, 5) is 10.2. The van der Waals surface area contributed by atoms with Crippen molar-refractivity contribution in [1.82, 2.24) is 14.5 Å². The van der Waals surface area contributed by atoms with Crippen LogP contribution in [0.5, 0.6) is 0 Å². The van der Waals surface area contributed by atoms with Gasteiger partial charge in [-0.25, -0.2) is 4.98 Å². The fourth-order valence-corrected chi connectivity index (χ4v) is 5.32. The Morgan fingerprint density at radius 3 is 2.36 bits per heavy atom. The summed E-state index contributed by atoms with van der Waals surface area (Å²) in [5.41, 5.74) is 4.28. The highest BCUT2D eigenvalue weighted by molar-refractivity contribution is 5.93. The molecule has 2 saturated heterocycles. The Balaban J connectivity index is 0.00000192. The number of piperidine rings is 2. The molecule has 2 aromatic heterocycles. The van der Waals surface area contributed by atoms with E-state index in [0.29, 0.717) is 0 Å². The Morgan fingerprint density at radius 2 is 1.68 bits per heavy atom. The molecule has 5 heteroatoms. The maximum Gasteiger partial charge on any atom is 0.153 e. The minimum absolute atomic E-state index is 0. The standard InChI is InChI=1S/C23H34N4.ClH/c1-17-18(2)27(16-19-6-7-19)22-21(17)8-11-24-23(22)26-14-9-20(10-15-26)25-12-4-3-5-13-25;/h8,11,19-20H,3-7,9-10,12-16H2,1-2H3;1H. The van der Waals surface area contributed by atoms with Gasteiger partial charge in [-0.1, -0.05) is 6.42 Å². The summed E-state index contributed by atoms with van der Waals surface area (Å²) in [6.07, 6.45) is 11.6. The van der Waals surface area contributed by atoms with Gasteiger partial charge in [-0.3, -0.25) is 0 Å². The second-order valence-corrected chi connectivity index (χ2v) is 9.11. The molecule has 3 aliphatic rings. The number of rotatable bonds is 4. The van der Waals surface area contributed by atoms with Crippen molar-refractivity contribution in [2.75, 3.05) is 31.1 Å². The van der Waals surface area contributed by atoms with Crippen LogP contribution in [0.2, 0.25) is 0 Å². The fourth-order valence-electron chi connectivity index (χ4n) is 5.32. The van der Waals surface area contributed by atoms with Gasteiger partial charge in [0.1, 0.15) is 0 Å². The van der Waals surface area contributed by atoms with Gasteiger partial charge < -0.3 is 14.4 Å². The maximum absolute atomic E-state index is 4.90. The molecule has 0 radical (unpaired) electrons. The van der Waals surface area contributed by atoms with Gasteiger partial charge >= 0.3 is 0 Å². The highest BCUT2D eigenvalue weighted by Crippen LogP contribution is 2.37. The SMILES string of the molecule is Cc1c(C)n(CC2CC2)c2c(N3CCC(N4CCCCC4)CC3)nccc12.Cl. The lowest BCUT2D eigenvalue weighted by Gasteiger charge is -2.40. The minimum Gasteiger partial charge on any atom is -0.355 e. The first-order valence-corrected chi connectivity index (χ1v) is 11.2. The molecule has 0 amide bonds. The lowest BCUT2D eigenvalue weighted by atomic mass is 10.00. The monoisotopic (exact) mass is 402 g/mol. The van der Waals surface area contributed by atoms with Crippen LogP contribution >= 0.6 is 12.4 Å². The number of aryl methyl sites for hydroxylation is 1. The predicted molar refractivity (Wildman–Crippen MR) is 120 cm³/mol. The van der Waals surface area contributed by atoms with Crippen LogP contribution < -0.4 is 4.90 Å². The molecule has 1 saturated carbocycles. The van der Waals surface area contributed by atoms with E-state index in [2.05, 4.69) is 34.3 Å². The van der Waals surface area contributed by atoms with Gasteiger partial charge in [0, 0.05) is 43.0 Å². The Labute approximate surface area is 175 Å². The second-order valence-electron chi connectivity index (χ2n) is 9.11. The molecule has 0 N–H and O–H groups in total. The third-order valence-corrected chi connectivity index (χ3v) is 7.34. The zero-order valence-electron chi connectivity index (χ0n) is 17.5. The molecular formula is C23H35ClN4. The second kappa shape index (κ2) is 8.23. The third-order valence-electron chi connectivity index (χ3n) is 7.34.